The van der Waals surface area contributed by atoms with Gasteiger partial charge in [-0.1, -0.05) is 41.4 Å². The Hall–Kier alpha value is -1.91. The highest BCUT2D eigenvalue weighted by molar-refractivity contribution is 6.33. The molecule has 1 aromatic carbocycles. The van der Waals surface area contributed by atoms with Gasteiger partial charge < -0.3 is 5.32 Å². The lowest BCUT2D eigenvalue weighted by Crippen LogP contribution is -2.21. The lowest BCUT2D eigenvalue weighted by Gasteiger charge is -2.14. The molecular weight excluding hydrogens is 296 g/mol. The molecule has 0 aliphatic heterocycles. The highest BCUT2D eigenvalue weighted by atomic mass is 35.5. The molecule has 4 nitrogen and oxygen atoms in total. The number of hydrogen-bond donors (Lipinski definition) is 1. The van der Waals surface area contributed by atoms with E-state index in [-0.39, 0.29) is 0 Å². The van der Waals surface area contributed by atoms with Gasteiger partial charge in [-0.15, -0.1) is 0 Å². The largest absolute Gasteiger partial charge is 0.310 e. The molecule has 0 bridgehead atoms. The van der Waals surface area contributed by atoms with Crippen molar-refractivity contribution in [3.63, 3.8) is 0 Å². The first kappa shape index (κ1) is 15.0. The first-order valence-corrected chi connectivity index (χ1v) is 7.79. The van der Waals surface area contributed by atoms with E-state index in [1.165, 1.54) is 11.1 Å². The summed E-state index contributed by atoms with van der Waals surface area (Å²) in [6, 6.07) is 8.97. The summed E-state index contributed by atoms with van der Waals surface area (Å²) in [6.07, 6.45) is 6.36. The van der Waals surface area contributed by atoms with Crippen molar-refractivity contribution in [2.75, 3.05) is 6.54 Å². The fourth-order valence-corrected chi connectivity index (χ4v) is 2.60. The minimum atomic E-state index is 0.330. The van der Waals surface area contributed by atoms with Crippen LogP contribution in [0.15, 0.2) is 42.9 Å². The summed E-state index contributed by atoms with van der Waals surface area (Å²) in [5.41, 5.74) is 4.42. The number of benzene rings is 1. The predicted octanol–water partition coefficient (Wildman–Crippen LogP) is 3.58. The maximum Gasteiger partial charge on any atom is 0.173 e. The Kier molecular flexibility index (Phi) is 4.41. The molecule has 0 amide bonds. The summed E-state index contributed by atoms with van der Waals surface area (Å²) in [5.74, 6) is 0. The second-order valence-corrected chi connectivity index (χ2v) is 5.97. The maximum atomic E-state index is 5.99. The van der Waals surface area contributed by atoms with Gasteiger partial charge in [0.1, 0.15) is 5.02 Å². The quantitative estimate of drug-likeness (QED) is 0.782. The summed E-state index contributed by atoms with van der Waals surface area (Å²) in [4.78, 5) is 4.35. The zero-order valence-electron chi connectivity index (χ0n) is 12.8. The van der Waals surface area contributed by atoms with Crippen molar-refractivity contribution in [2.24, 2.45) is 0 Å². The van der Waals surface area contributed by atoms with Crippen LogP contribution in [0.5, 0.6) is 0 Å². The Labute approximate surface area is 135 Å². The van der Waals surface area contributed by atoms with E-state index in [1.54, 1.807) is 10.7 Å². The van der Waals surface area contributed by atoms with Gasteiger partial charge in [-0.3, -0.25) is 0 Å². The monoisotopic (exact) mass is 314 g/mol. The third-order valence-corrected chi connectivity index (χ3v) is 4.08. The van der Waals surface area contributed by atoms with Gasteiger partial charge in [0.25, 0.3) is 0 Å². The second-order valence-electron chi connectivity index (χ2n) is 5.56. The number of aryl methyl sites for hydroxylation is 1. The summed E-state index contributed by atoms with van der Waals surface area (Å²) >= 11 is 5.99. The van der Waals surface area contributed by atoms with Gasteiger partial charge in [-0.05, 0) is 37.9 Å². The first-order chi connectivity index (χ1) is 10.6. The second kappa shape index (κ2) is 6.46. The molecule has 2 heterocycles. The van der Waals surface area contributed by atoms with Crippen molar-refractivity contribution in [1.82, 2.24) is 19.9 Å². The summed E-state index contributed by atoms with van der Waals surface area (Å²) < 4.78 is 1.72. The molecule has 0 aliphatic carbocycles. The molecule has 0 spiro atoms. The zero-order chi connectivity index (χ0) is 15.5. The van der Waals surface area contributed by atoms with E-state index in [1.807, 2.05) is 12.4 Å². The number of aromatic nitrogens is 3. The predicted molar refractivity (Wildman–Crippen MR) is 89.3 cm³/mol. The molecule has 0 saturated heterocycles. The lowest BCUT2D eigenvalue weighted by molar-refractivity contribution is 0.575. The Bertz CT molecular complexity index is 764. The Balaban J connectivity index is 1.58. The normalized spacial score (nSPS) is 12.7. The number of nitrogens with one attached hydrogen (secondary N) is 1. The van der Waals surface area contributed by atoms with Crippen molar-refractivity contribution in [2.45, 2.75) is 26.3 Å². The van der Waals surface area contributed by atoms with Crippen LogP contribution in [0.4, 0.5) is 0 Å². The van der Waals surface area contributed by atoms with E-state index >= 15 is 0 Å². The van der Waals surface area contributed by atoms with Crippen molar-refractivity contribution >= 4 is 17.2 Å². The van der Waals surface area contributed by atoms with Crippen LogP contribution in [0, 0.1) is 6.92 Å². The zero-order valence-corrected chi connectivity index (χ0v) is 13.5. The van der Waals surface area contributed by atoms with Crippen LogP contribution >= 0.6 is 11.6 Å². The van der Waals surface area contributed by atoms with Crippen LogP contribution in [0.25, 0.3) is 5.65 Å². The van der Waals surface area contributed by atoms with Crippen LogP contribution < -0.4 is 5.32 Å². The summed E-state index contributed by atoms with van der Waals surface area (Å²) in [5, 5.41) is 8.30. The number of rotatable bonds is 5. The molecule has 1 N–H and O–H groups in total. The lowest BCUT2D eigenvalue weighted by atomic mass is 10.1. The molecule has 22 heavy (non-hydrogen) atoms. The topological polar surface area (TPSA) is 42.2 Å². The molecule has 3 aromatic rings. The number of halogens is 1. The van der Waals surface area contributed by atoms with Crippen molar-refractivity contribution in [1.29, 1.82) is 0 Å². The molecule has 0 radical (unpaired) electrons. The molecule has 1 atom stereocenters. The fraction of sp³-hybridized carbons (Fsp3) is 0.294. The van der Waals surface area contributed by atoms with Gasteiger partial charge in [0.15, 0.2) is 5.65 Å². The highest BCUT2D eigenvalue weighted by Gasteiger charge is 2.06. The van der Waals surface area contributed by atoms with Crippen molar-refractivity contribution in [3.05, 3.63) is 64.6 Å². The average Bonchev–Trinajstić information content (AvgIpc) is 2.89. The molecule has 0 fully saturated rings. The number of nitrogens with zero attached hydrogens (tertiary/aromatic N) is 3. The molecule has 3 rings (SSSR count). The van der Waals surface area contributed by atoms with Gasteiger partial charge in [0.2, 0.25) is 0 Å². The minimum Gasteiger partial charge on any atom is -0.310 e. The SMILES string of the molecule is Cc1ccc(C(C)NCCc2cnc3c(Cl)cnn3c2)cc1. The van der Waals surface area contributed by atoms with Gasteiger partial charge in [-0.25, -0.2) is 9.50 Å². The summed E-state index contributed by atoms with van der Waals surface area (Å²) in [6.45, 7) is 5.17. The fourth-order valence-electron chi connectivity index (χ4n) is 2.42. The van der Waals surface area contributed by atoms with Gasteiger partial charge >= 0.3 is 0 Å². The molecule has 5 heteroatoms. The number of fused-ring (bicyclic) bond motifs is 1. The minimum absolute atomic E-state index is 0.330. The Morgan fingerprint density at radius 2 is 2.00 bits per heavy atom. The Morgan fingerprint density at radius 3 is 2.77 bits per heavy atom. The smallest absolute Gasteiger partial charge is 0.173 e. The molecular formula is C17H19ClN4. The summed E-state index contributed by atoms with van der Waals surface area (Å²) in [7, 11) is 0. The van der Waals surface area contributed by atoms with E-state index in [9.17, 15) is 0 Å². The van der Waals surface area contributed by atoms with Crippen LogP contribution in [-0.4, -0.2) is 21.1 Å². The van der Waals surface area contributed by atoms with E-state index in [4.69, 9.17) is 11.6 Å². The van der Waals surface area contributed by atoms with Gasteiger partial charge in [0.05, 0.1) is 6.20 Å². The van der Waals surface area contributed by atoms with Crippen LogP contribution in [0.2, 0.25) is 5.02 Å². The molecule has 1 unspecified atom stereocenters. The van der Waals surface area contributed by atoms with Crippen molar-refractivity contribution < 1.29 is 0 Å². The standard InChI is InChI=1S/C17H19ClN4/c1-12-3-5-15(6-4-12)13(2)19-8-7-14-9-20-17-16(18)10-21-22(17)11-14/h3-6,9-11,13,19H,7-8H2,1-2H3. The molecule has 0 saturated carbocycles. The Morgan fingerprint density at radius 1 is 1.23 bits per heavy atom. The first-order valence-electron chi connectivity index (χ1n) is 7.41. The van der Waals surface area contributed by atoms with E-state index in [0.717, 1.165) is 18.5 Å². The highest BCUT2D eigenvalue weighted by Crippen LogP contribution is 2.15. The maximum absolute atomic E-state index is 5.99. The average molecular weight is 315 g/mol. The van der Waals surface area contributed by atoms with Crippen LogP contribution in [-0.2, 0) is 6.42 Å². The van der Waals surface area contributed by atoms with E-state index in [2.05, 4.69) is 53.5 Å². The third-order valence-electron chi connectivity index (χ3n) is 3.81. The van der Waals surface area contributed by atoms with Crippen LogP contribution in [0.3, 0.4) is 0 Å². The van der Waals surface area contributed by atoms with Gasteiger partial charge in [-0.2, -0.15) is 5.10 Å². The van der Waals surface area contributed by atoms with E-state index in [0.29, 0.717) is 16.7 Å². The molecule has 114 valence electrons. The van der Waals surface area contributed by atoms with E-state index < -0.39 is 0 Å². The third kappa shape index (κ3) is 3.29. The molecule has 2 aromatic heterocycles. The van der Waals surface area contributed by atoms with Crippen LogP contribution in [0.1, 0.15) is 29.7 Å². The number of hydrogen-bond acceptors (Lipinski definition) is 3. The molecule has 0 aliphatic rings. The van der Waals surface area contributed by atoms with Gasteiger partial charge in [0, 0.05) is 18.4 Å². The van der Waals surface area contributed by atoms with Crippen molar-refractivity contribution in [3.8, 4) is 0 Å².